The van der Waals surface area contributed by atoms with Crippen molar-refractivity contribution in [3.63, 3.8) is 0 Å². The Balaban J connectivity index is 2.84. The molecule has 0 saturated heterocycles. The molecule has 0 aliphatic carbocycles. The Morgan fingerprint density at radius 1 is 1.22 bits per heavy atom. The molecule has 0 radical (unpaired) electrons. The molecule has 0 aromatic heterocycles. The van der Waals surface area contributed by atoms with Crippen molar-refractivity contribution in [2.24, 2.45) is 0 Å². The van der Waals surface area contributed by atoms with Crippen LogP contribution in [0.25, 0.3) is 0 Å². The largest absolute Gasteiger partial charge is 0.508 e. The molecular formula is C16H18O2. The molecule has 0 amide bonds. The highest BCUT2D eigenvalue weighted by molar-refractivity contribution is 5.43. The number of aromatic hydroxyl groups is 1. The zero-order chi connectivity index (χ0) is 17.5. The van der Waals surface area contributed by atoms with E-state index in [0.29, 0.717) is 5.56 Å². The minimum atomic E-state index is -3.29. The zero-order valence-corrected chi connectivity index (χ0v) is 10.0. The molecule has 0 bridgehead atoms. The molecule has 0 saturated carbocycles. The van der Waals surface area contributed by atoms with Gasteiger partial charge in [-0.2, -0.15) is 0 Å². The smallest absolute Gasteiger partial charge is 0.119 e. The molecular weight excluding hydrogens is 224 g/mol. The van der Waals surface area contributed by atoms with E-state index in [1.165, 1.54) is 24.3 Å². The second-order valence-corrected chi connectivity index (χ2v) is 4.00. The Hall–Kier alpha value is -1.80. The molecule has 0 aliphatic rings. The van der Waals surface area contributed by atoms with Gasteiger partial charge in [0.2, 0.25) is 0 Å². The van der Waals surface area contributed by atoms with Crippen LogP contribution in [0.3, 0.4) is 0 Å². The van der Waals surface area contributed by atoms with Gasteiger partial charge in [0.15, 0.2) is 0 Å². The second-order valence-electron chi connectivity index (χ2n) is 4.00. The molecule has 2 nitrogen and oxygen atoms in total. The van der Waals surface area contributed by atoms with Gasteiger partial charge in [-0.05, 0) is 24.9 Å². The number of aryl methyl sites for hydroxylation is 1. The third-order valence-corrected chi connectivity index (χ3v) is 2.66. The van der Waals surface area contributed by atoms with E-state index in [1.54, 1.807) is 31.2 Å². The summed E-state index contributed by atoms with van der Waals surface area (Å²) in [5, 5.41) is 19.9. The van der Waals surface area contributed by atoms with Gasteiger partial charge >= 0.3 is 0 Å². The molecule has 1 unspecified atom stereocenters. The third kappa shape index (κ3) is 2.71. The fourth-order valence-electron chi connectivity index (χ4n) is 1.81. The molecule has 18 heavy (non-hydrogen) atoms. The average Bonchev–Trinajstić information content (AvgIpc) is 2.48. The van der Waals surface area contributed by atoms with Crippen LogP contribution in [0, 0.1) is 6.92 Å². The Labute approximate surface area is 115 Å². The molecule has 1 atom stereocenters. The van der Waals surface area contributed by atoms with Crippen LogP contribution in [-0.2, 0) is 0 Å². The Morgan fingerprint density at radius 3 is 2.61 bits per heavy atom. The molecule has 2 heteroatoms. The molecule has 0 aliphatic heterocycles. The lowest BCUT2D eigenvalue weighted by atomic mass is 9.87. The number of hydrogen-bond donors (Lipinski definition) is 2. The lowest BCUT2D eigenvalue weighted by Crippen LogP contribution is -2.04. The van der Waals surface area contributed by atoms with Crippen LogP contribution in [0.15, 0.2) is 48.5 Å². The summed E-state index contributed by atoms with van der Waals surface area (Å²) in [5.41, 5.74) is 0.704. The average molecular weight is 247 g/mol. The van der Waals surface area contributed by atoms with Crippen molar-refractivity contribution >= 4 is 0 Å². The normalized spacial score (nSPS) is 19.8. The van der Waals surface area contributed by atoms with Crippen molar-refractivity contribution < 1.29 is 17.1 Å². The van der Waals surface area contributed by atoms with E-state index in [2.05, 4.69) is 0 Å². The number of phenolic OH excluding ortho intramolecular Hbond substituents is 1. The maximum absolute atomic E-state index is 10.2. The summed E-state index contributed by atoms with van der Waals surface area (Å²) in [6, 6.07) is 12.2. The Morgan fingerprint density at radius 2 is 1.94 bits per heavy atom. The molecule has 2 aromatic carbocycles. The maximum Gasteiger partial charge on any atom is 0.119 e. The highest BCUT2D eigenvalue weighted by Gasteiger charge is 2.17. The SMILES string of the molecule is [2H]C([2H])(O)C([2H])([2H])C([2H])(c1ccccc1)c1cc(C)ccc1O. The summed E-state index contributed by atoms with van der Waals surface area (Å²) >= 11 is 0. The fourth-order valence-corrected chi connectivity index (χ4v) is 1.81. The summed E-state index contributed by atoms with van der Waals surface area (Å²) < 4.78 is 39.9. The van der Waals surface area contributed by atoms with Gasteiger partial charge in [0, 0.05) is 22.1 Å². The molecule has 0 fully saturated rings. The summed E-state index contributed by atoms with van der Waals surface area (Å²) in [6.07, 6.45) is -3.02. The van der Waals surface area contributed by atoms with E-state index in [9.17, 15) is 10.2 Å². The first kappa shape index (κ1) is 7.59. The van der Waals surface area contributed by atoms with Crippen LogP contribution in [0.1, 0.15) is 35.8 Å². The van der Waals surface area contributed by atoms with Gasteiger partial charge in [-0.15, -0.1) is 0 Å². The minimum Gasteiger partial charge on any atom is -0.508 e. The van der Waals surface area contributed by atoms with Crippen LogP contribution in [0.2, 0.25) is 0 Å². The molecule has 0 spiro atoms. The maximum atomic E-state index is 10.2. The van der Waals surface area contributed by atoms with Crippen molar-refractivity contribution in [3.8, 4) is 5.75 Å². The van der Waals surface area contributed by atoms with Crippen molar-refractivity contribution in [1.29, 1.82) is 0 Å². The number of aliphatic hydroxyl groups is 1. The molecule has 2 aromatic rings. The predicted octanol–water partition coefficient (Wildman–Crippen LogP) is 3.21. The summed E-state index contributed by atoms with van der Waals surface area (Å²) in [4.78, 5) is 0. The number of benzene rings is 2. The fraction of sp³-hybridized carbons (Fsp3) is 0.250. The third-order valence-electron chi connectivity index (χ3n) is 2.66. The van der Waals surface area contributed by atoms with Gasteiger partial charge in [0.25, 0.3) is 0 Å². The molecule has 2 N–H and O–H groups in total. The highest BCUT2D eigenvalue weighted by Crippen LogP contribution is 2.34. The van der Waals surface area contributed by atoms with E-state index in [1.807, 2.05) is 0 Å². The van der Waals surface area contributed by atoms with Crippen molar-refractivity contribution in [1.82, 2.24) is 0 Å². The van der Waals surface area contributed by atoms with Crippen LogP contribution in [0.5, 0.6) is 5.75 Å². The van der Waals surface area contributed by atoms with Crippen LogP contribution in [-0.4, -0.2) is 16.8 Å². The monoisotopic (exact) mass is 247 g/mol. The Bertz CT molecular complexity index is 697. The molecule has 0 heterocycles. The number of rotatable bonds is 4. The van der Waals surface area contributed by atoms with Crippen molar-refractivity contribution in [2.75, 3.05) is 6.56 Å². The predicted molar refractivity (Wildman–Crippen MR) is 72.8 cm³/mol. The van der Waals surface area contributed by atoms with Crippen molar-refractivity contribution in [3.05, 3.63) is 65.2 Å². The van der Waals surface area contributed by atoms with E-state index < -0.39 is 18.8 Å². The summed E-state index contributed by atoms with van der Waals surface area (Å²) in [5.74, 6) is -2.68. The summed E-state index contributed by atoms with van der Waals surface area (Å²) in [7, 11) is 0. The second kappa shape index (κ2) is 5.69. The van der Waals surface area contributed by atoms with Gasteiger partial charge < -0.3 is 10.2 Å². The van der Waals surface area contributed by atoms with E-state index in [-0.39, 0.29) is 16.9 Å². The minimum absolute atomic E-state index is 0.105. The van der Waals surface area contributed by atoms with Gasteiger partial charge in [-0.3, -0.25) is 0 Å². The standard InChI is InChI=1S/C16H18O2/c1-12-7-8-16(18)15(11-12)14(9-10-17)13-5-3-2-4-6-13/h2-8,11,14,17-18H,9-10H2,1H3/i9D2,10D2,14D. The topological polar surface area (TPSA) is 40.5 Å². The first-order valence-corrected chi connectivity index (χ1v) is 5.60. The molecule has 94 valence electrons. The van der Waals surface area contributed by atoms with Gasteiger partial charge in [0.1, 0.15) is 5.75 Å². The zero-order valence-electron chi connectivity index (χ0n) is 15.0. The first-order valence-electron chi connectivity index (χ1n) is 8.10. The van der Waals surface area contributed by atoms with Crippen LogP contribution >= 0.6 is 0 Å². The summed E-state index contributed by atoms with van der Waals surface area (Å²) in [6.45, 7) is -1.57. The molecule has 2 rings (SSSR count). The lowest BCUT2D eigenvalue weighted by Gasteiger charge is -2.18. The van der Waals surface area contributed by atoms with E-state index >= 15 is 0 Å². The van der Waals surface area contributed by atoms with Crippen LogP contribution in [0.4, 0.5) is 0 Å². The number of hydrogen-bond acceptors (Lipinski definition) is 2. The van der Waals surface area contributed by atoms with Gasteiger partial charge in [-0.25, -0.2) is 0 Å². The van der Waals surface area contributed by atoms with Crippen molar-refractivity contribution in [2.45, 2.75) is 19.2 Å². The van der Waals surface area contributed by atoms with E-state index in [4.69, 9.17) is 6.85 Å². The number of phenols is 1. The van der Waals surface area contributed by atoms with E-state index in [0.717, 1.165) is 0 Å². The Kier molecular flexibility index (Phi) is 2.40. The van der Waals surface area contributed by atoms with Gasteiger partial charge in [0.05, 0.1) is 2.74 Å². The highest BCUT2D eigenvalue weighted by atomic mass is 16.3. The van der Waals surface area contributed by atoms with Gasteiger partial charge in [-0.1, -0.05) is 48.0 Å². The van der Waals surface area contributed by atoms with Crippen LogP contribution < -0.4 is 0 Å². The quantitative estimate of drug-likeness (QED) is 0.871. The lowest BCUT2D eigenvalue weighted by molar-refractivity contribution is 0.280. The first-order chi connectivity index (χ1) is 10.5.